The van der Waals surface area contributed by atoms with Gasteiger partial charge in [0.2, 0.25) is 10.1 Å². The summed E-state index contributed by atoms with van der Waals surface area (Å²) in [7, 11) is 2.13. The van der Waals surface area contributed by atoms with Crippen LogP contribution in [0.3, 0.4) is 0 Å². The molecule has 2 aliphatic rings. The van der Waals surface area contributed by atoms with Gasteiger partial charge in [-0.05, 0) is 32.7 Å². The Morgan fingerprint density at radius 1 is 1.25 bits per heavy atom. The molecule has 1 aliphatic carbocycles. The number of amides is 1. The number of hydrogen-bond donors (Lipinski definition) is 1. The number of carbonyl (C=O) groups is 1. The second-order valence-corrected chi connectivity index (χ2v) is 8.72. The molecule has 1 amide bonds. The van der Waals surface area contributed by atoms with Gasteiger partial charge in [-0.2, -0.15) is 9.50 Å². The lowest BCUT2D eigenvalue weighted by atomic mass is 9.94. The summed E-state index contributed by atoms with van der Waals surface area (Å²) < 4.78 is 1.51. The van der Waals surface area contributed by atoms with Crippen LogP contribution in [0.4, 0.5) is 5.13 Å². The third-order valence-corrected chi connectivity index (χ3v) is 6.77. The van der Waals surface area contributed by atoms with Crippen molar-refractivity contribution < 1.29 is 4.79 Å². The van der Waals surface area contributed by atoms with Gasteiger partial charge in [-0.15, -0.1) is 5.10 Å². The summed E-state index contributed by atoms with van der Waals surface area (Å²) in [6, 6.07) is 1.89. The van der Waals surface area contributed by atoms with E-state index in [1.165, 1.54) is 54.0 Å². The van der Waals surface area contributed by atoms with E-state index < -0.39 is 5.56 Å². The van der Waals surface area contributed by atoms with E-state index in [2.05, 4.69) is 32.2 Å². The fourth-order valence-electron chi connectivity index (χ4n) is 4.14. The largest absolute Gasteiger partial charge is 0.349 e. The monoisotopic (exact) mass is 404 g/mol. The fraction of sp³-hybridized carbons (Fsp3) is 0.684. The van der Waals surface area contributed by atoms with E-state index in [0.29, 0.717) is 17.5 Å². The molecule has 8 nitrogen and oxygen atoms in total. The summed E-state index contributed by atoms with van der Waals surface area (Å²) in [6.07, 6.45) is 8.68. The Balaban J connectivity index is 1.43. The molecule has 9 heteroatoms. The number of nitrogens with one attached hydrogen (secondary N) is 1. The molecule has 0 aromatic carbocycles. The minimum absolute atomic E-state index is 0.261. The first-order valence-corrected chi connectivity index (χ1v) is 11.1. The summed E-state index contributed by atoms with van der Waals surface area (Å²) in [5.41, 5.74) is -0.141. The number of nitrogens with zero attached hydrogens (tertiary/aromatic N) is 5. The summed E-state index contributed by atoms with van der Waals surface area (Å²) >= 11 is 1.37. The standard InChI is InChI=1S/C19H28N6O2S/c1-23(14-7-3-2-4-8-14)12-9-20-17(27)15-13-16(26)21-18-25(15)22-19(28-18)24-10-5-6-11-24/h13-14H,2-12H2,1H3,(H,20,27). The van der Waals surface area contributed by atoms with Crippen molar-refractivity contribution in [2.24, 2.45) is 0 Å². The van der Waals surface area contributed by atoms with Gasteiger partial charge in [0.1, 0.15) is 5.69 Å². The Kier molecular flexibility index (Phi) is 5.91. The molecule has 152 valence electrons. The third-order valence-electron chi connectivity index (χ3n) is 5.80. The normalized spacial score (nSPS) is 18.3. The minimum atomic E-state index is -0.402. The smallest absolute Gasteiger partial charge is 0.274 e. The molecule has 0 bridgehead atoms. The van der Waals surface area contributed by atoms with Crippen molar-refractivity contribution in [3.8, 4) is 0 Å². The van der Waals surface area contributed by atoms with E-state index >= 15 is 0 Å². The van der Waals surface area contributed by atoms with Crippen molar-refractivity contribution in [1.29, 1.82) is 0 Å². The predicted octanol–water partition coefficient (Wildman–Crippen LogP) is 1.75. The van der Waals surface area contributed by atoms with Crippen LogP contribution in [0.1, 0.15) is 55.4 Å². The number of carbonyl (C=O) groups excluding carboxylic acids is 1. The molecular weight excluding hydrogens is 376 g/mol. The highest BCUT2D eigenvalue weighted by Crippen LogP contribution is 2.25. The molecule has 1 N–H and O–H groups in total. The minimum Gasteiger partial charge on any atom is -0.349 e. The molecule has 0 unspecified atom stereocenters. The molecule has 1 saturated carbocycles. The van der Waals surface area contributed by atoms with Crippen LogP contribution in [0.15, 0.2) is 10.9 Å². The van der Waals surface area contributed by atoms with Crippen LogP contribution in [0.5, 0.6) is 0 Å². The van der Waals surface area contributed by atoms with Gasteiger partial charge in [0, 0.05) is 38.3 Å². The Labute approximate surface area is 168 Å². The van der Waals surface area contributed by atoms with Gasteiger partial charge < -0.3 is 15.1 Å². The molecule has 0 atom stereocenters. The second kappa shape index (κ2) is 8.57. The molecule has 2 fully saturated rings. The molecule has 2 aromatic heterocycles. The molecule has 3 heterocycles. The van der Waals surface area contributed by atoms with Crippen LogP contribution in [0, 0.1) is 0 Å². The number of rotatable bonds is 6. The lowest BCUT2D eigenvalue weighted by Gasteiger charge is -2.31. The van der Waals surface area contributed by atoms with E-state index in [9.17, 15) is 9.59 Å². The highest BCUT2D eigenvalue weighted by atomic mass is 32.1. The van der Waals surface area contributed by atoms with Crippen molar-refractivity contribution >= 4 is 27.3 Å². The predicted molar refractivity (Wildman–Crippen MR) is 110 cm³/mol. The number of anilines is 1. The fourth-order valence-corrected chi connectivity index (χ4v) is 5.10. The molecule has 0 spiro atoms. The zero-order valence-corrected chi connectivity index (χ0v) is 17.2. The average Bonchev–Trinajstić information content (AvgIpc) is 3.37. The Bertz CT molecular complexity index is 882. The zero-order chi connectivity index (χ0) is 19.5. The molecule has 2 aromatic rings. The van der Waals surface area contributed by atoms with Crippen molar-refractivity contribution in [3.63, 3.8) is 0 Å². The maximum Gasteiger partial charge on any atom is 0.274 e. The highest BCUT2D eigenvalue weighted by molar-refractivity contribution is 7.20. The van der Waals surface area contributed by atoms with Gasteiger partial charge in [0.15, 0.2) is 0 Å². The first-order chi connectivity index (χ1) is 13.6. The SMILES string of the molecule is CN(CCNC(=O)c1cc(=O)nc2sc(N3CCCC3)nn12)C1CCCCC1. The Morgan fingerprint density at radius 3 is 2.75 bits per heavy atom. The van der Waals surface area contributed by atoms with Crippen LogP contribution in [-0.4, -0.2) is 64.7 Å². The van der Waals surface area contributed by atoms with E-state index in [0.717, 1.165) is 37.6 Å². The highest BCUT2D eigenvalue weighted by Gasteiger charge is 2.21. The van der Waals surface area contributed by atoms with Crippen molar-refractivity contribution in [2.75, 3.05) is 38.1 Å². The van der Waals surface area contributed by atoms with Crippen molar-refractivity contribution in [1.82, 2.24) is 24.8 Å². The van der Waals surface area contributed by atoms with Crippen LogP contribution in [0.2, 0.25) is 0 Å². The second-order valence-electron chi connectivity index (χ2n) is 7.78. The van der Waals surface area contributed by atoms with Gasteiger partial charge in [-0.25, -0.2) is 0 Å². The molecule has 28 heavy (non-hydrogen) atoms. The van der Waals surface area contributed by atoms with Gasteiger partial charge in [0.25, 0.3) is 11.5 Å². The molecule has 1 aliphatic heterocycles. The van der Waals surface area contributed by atoms with Crippen LogP contribution in [-0.2, 0) is 0 Å². The zero-order valence-electron chi connectivity index (χ0n) is 16.4. The summed E-state index contributed by atoms with van der Waals surface area (Å²) in [4.78, 5) is 33.7. The van der Waals surface area contributed by atoms with Gasteiger partial charge in [-0.1, -0.05) is 30.6 Å². The summed E-state index contributed by atoms with van der Waals surface area (Å²) in [5, 5.41) is 8.33. The van der Waals surface area contributed by atoms with Gasteiger partial charge in [-0.3, -0.25) is 9.59 Å². The van der Waals surface area contributed by atoms with Crippen LogP contribution >= 0.6 is 11.3 Å². The summed E-state index contributed by atoms with van der Waals surface area (Å²) in [5.74, 6) is -0.273. The number of hydrogen-bond acceptors (Lipinski definition) is 7. The number of likely N-dealkylation sites (N-methyl/N-ethyl adjacent to an activating group) is 1. The number of aromatic nitrogens is 3. The lowest BCUT2D eigenvalue weighted by molar-refractivity contribution is 0.0937. The van der Waals surface area contributed by atoms with E-state index in [1.54, 1.807) is 0 Å². The van der Waals surface area contributed by atoms with Crippen molar-refractivity contribution in [3.05, 3.63) is 22.1 Å². The van der Waals surface area contributed by atoms with Crippen LogP contribution < -0.4 is 15.8 Å². The molecule has 1 saturated heterocycles. The average molecular weight is 405 g/mol. The quantitative estimate of drug-likeness (QED) is 0.790. The molecule has 0 radical (unpaired) electrons. The topological polar surface area (TPSA) is 82.8 Å². The van der Waals surface area contributed by atoms with Crippen molar-refractivity contribution in [2.45, 2.75) is 51.0 Å². The number of fused-ring (bicyclic) bond motifs is 1. The van der Waals surface area contributed by atoms with E-state index in [-0.39, 0.29) is 11.6 Å². The van der Waals surface area contributed by atoms with Gasteiger partial charge >= 0.3 is 0 Å². The Morgan fingerprint density at radius 2 is 2.00 bits per heavy atom. The maximum atomic E-state index is 12.7. The third kappa shape index (κ3) is 4.20. The first kappa shape index (κ1) is 19.3. The maximum absolute atomic E-state index is 12.7. The van der Waals surface area contributed by atoms with Crippen LogP contribution in [0.25, 0.3) is 4.96 Å². The molecular formula is C19H28N6O2S. The Hall–Kier alpha value is -2.00. The lowest BCUT2D eigenvalue weighted by Crippen LogP contribution is -2.40. The summed E-state index contributed by atoms with van der Waals surface area (Å²) in [6.45, 7) is 3.27. The van der Waals surface area contributed by atoms with E-state index in [1.807, 2.05) is 0 Å². The first-order valence-electron chi connectivity index (χ1n) is 10.3. The van der Waals surface area contributed by atoms with E-state index in [4.69, 9.17) is 0 Å². The molecule has 4 rings (SSSR count). The van der Waals surface area contributed by atoms with Gasteiger partial charge in [0.05, 0.1) is 0 Å².